The Labute approximate surface area is 73.8 Å². The van der Waals surface area contributed by atoms with Crippen molar-refractivity contribution in [2.75, 3.05) is 0 Å². The molecule has 0 aromatic carbocycles. The fourth-order valence-electron chi connectivity index (χ4n) is 1.24. The molecule has 66 valence electrons. The van der Waals surface area contributed by atoms with Gasteiger partial charge in [-0.15, -0.1) is 0 Å². The predicted molar refractivity (Wildman–Crippen MR) is 50.6 cm³/mol. The van der Waals surface area contributed by atoms with Crippen molar-refractivity contribution in [3.05, 3.63) is 30.1 Å². The van der Waals surface area contributed by atoms with Crippen LogP contribution >= 0.6 is 0 Å². The second-order valence-corrected chi connectivity index (χ2v) is 3.52. The molecule has 0 fully saturated rings. The Morgan fingerprint density at radius 1 is 1.50 bits per heavy atom. The van der Waals surface area contributed by atoms with Crippen LogP contribution in [0.4, 0.5) is 0 Å². The molecule has 2 heteroatoms. The number of nitrogens with zero attached hydrogens (tertiary/aromatic N) is 1. The van der Waals surface area contributed by atoms with Crippen LogP contribution < -0.4 is 5.73 Å². The van der Waals surface area contributed by atoms with Crippen molar-refractivity contribution < 1.29 is 0 Å². The lowest BCUT2D eigenvalue weighted by Crippen LogP contribution is -2.12. The van der Waals surface area contributed by atoms with Gasteiger partial charge in [0.2, 0.25) is 0 Å². The van der Waals surface area contributed by atoms with Gasteiger partial charge in [-0.2, -0.15) is 0 Å². The number of pyridine rings is 1. The molecule has 0 spiro atoms. The molecule has 1 unspecified atom stereocenters. The zero-order valence-corrected chi connectivity index (χ0v) is 7.70. The van der Waals surface area contributed by atoms with Crippen LogP contribution in [0.1, 0.15) is 31.9 Å². The molecule has 1 aromatic rings. The van der Waals surface area contributed by atoms with E-state index in [1.807, 2.05) is 18.3 Å². The first kappa shape index (κ1) is 9.20. The molecule has 0 bridgehead atoms. The van der Waals surface area contributed by atoms with Gasteiger partial charge in [-0.3, -0.25) is 4.98 Å². The highest BCUT2D eigenvalue weighted by Crippen LogP contribution is 2.16. The van der Waals surface area contributed by atoms with Crippen LogP contribution in [0.15, 0.2) is 24.5 Å². The first-order valence-corrected chi connectivity index (χ1v) is 4.35. The maximum atomic E-state index is 5.96. The number of aromatic nitrogens is 1. The zero-order chi connectivity index (χ0) is 8.97. The Kier molecular flexibility index (Phi) is 3.23. The third-order valence-corrected chi connectivity index (χ3v) is 1.84. The van der Waals surface area contributed by atoms with Gasteiger partial charge in [0, 0.05) is 18.4 Å². The summed E-state index contributed by atoms with van der Waals surface area (Å²) in [7, 11) is 0. The highest BCUT2D eigenvalue weighted by Gasteiger charge is 2.06. The lowest BCUT2D eigenvalue weighted by molar-refractivity contribution is 0.509. The molecule has 0 aliphatic carbocycles. The molecule has 0 aliphatic heterocycles. The second-order valence-electron chi connectivity index (χ2n) is 3.52. The van der Waals surface area contributed by atoms with Crippen molar-refractivity contribution in [1.29, 1.82) is 0 Å². The van der Waals surface area contributed by atoms with E-state index in [9.17, 15) is 0 Å². The molecule has 0 radical (unpaired) electrons. The van der Waals surface area contributed by atoms with E-state index in [2.05, 4.69) is 18.8 Å². The zero-order valence-electron chi connectivity index (χ0n) is 7.70. The maximum absolute atomic E-state index is 5.96. The highest BCUT2D eigenvalue weighted by molar-refractivity contribution is 5.12. The SMILES string of the molecule is CC(C)CC(N)c1cccnc1. The van der Waals surface area contributed by atoms with E-state index >= 15 is 0 Å². The summed E-state index contributed by atoms with van der Waals surface area (Å²) in [6.45, 7) is 4.35. The normalized spacial score (nSPS) is 13.3. The van der Waals surface area contributed by atoms with Gasteiger partial charge in [0.25, 0.3) is 0 Å². The monoisotopic (exact) mass is 164 g/mol. The second kappa shape index (κ2) is 4.21. The van der Waals surface area contributed by atoms with Crippen LogP contribution in [-0.4, -0.2) is 4.98 Å². The van der Waals surface area contributed by atoms with Gasteiger partial charge in [0.05, 0.1) is 0 Å². The van der Waals surface area contributed by atoms with Gasteiger partial charge in [-0.1, -0.05) is 19.9 Å². The molecule has 1 rings (SSSR count). The Bertz CT molecular complexity index is 219. The Hall–Kier alpha value is -0.890. The Balaban J connectivity index is 2.59. The van der Waals surface area contributed by atoms with Gasteiger partial charge in [0.15, 0.2) is 0 Å². The predicted octanol–water partition coefficient (Wildman–Crippen LogP) is 2.13. The molecule has 1 aromatic heterocycles. The minimum atomic E-state index is 0.138. The molecule has 1 heterocycles. The maximum Gasteiger partial charge on any atom is 0.0315 e. The summed E-state index contributed by atoms with van der Waals surface area (Å²) in [6, 6.07) is 4.09. The summed E-state index contributed by atoms with van der Waals surface area (Å²) < 4.78 is 0. The topological polar surface area (TPSA) is 38.9 Å². The summed E-state index contributed by atoms with van der Waals surface area (Å²) in [5, 5.41) is 0. The lowest BCUT2D eigenvalue weighted by Gasteiger charge is -2.13. The van der Waals surface area contributed by atoms with E-state index in [0.717, 1.165) is 12.0 Å². The van der Waals surface area contributed by atoms with Gasteiger partial charge < -0.3 is 5.73 Å². The fraction of sp³-hybridized carbons (Fsp3) is 0.500. The third-order valence-electron chi connectivity index (χ3n) is 1.84. The summed E-state index contributed by atoms with van der Waals surface area (Å²) >= 11 is 0. The molecule has 0 saturated carbocycles. The fourth-order valence-corrected chi connectivity index (χ4v) is 1.24. The molecule has 0 amide bonds. The summed E-state index contributed by atoms with van der Waals surface area (Å²) in [4.78, 5) is 4.03. The minimum absolute atomic E-state index is 0.138. The van der Waals surface area contributed by atoms with Crippen molar-refractivity contribution in [3.8, 4) is 0 Å². The number of hydrogen-bond acceptors (Lipinski definition) is 2. The van der Waals surface area contributed by atoms with Crippen molar-refractivity contribution in [2.45, 2.75) is 26.3 Å². The van der Waals surface area contributed by atoms with Crippen molar-refractivity contribution in [2.24, 2.45) is 11.7 Å². The van der Waals surface area contributed by atoms with Crippen LogP contribution in [0.2, 0.25) is 0 Å². The molecular weight excluding hydrogens is 148 g/mol. The standard InChI is InChI=1S/C10H16N2/c1-8(2)6-10(11)9-4-3-5-12-7-9/h3-5,7-8,10H,6,11H2,1-2H3. The molecule has 2 N–H and O–H groups in total. The van der Waals surface area contributed by atoms with Gasteiger partial charge in [-0.25, -0.2) is 0 Å². The average Bonchev–Trinajstić information content (AvgIpc) is 2.05. The summed E-state index contributed by atoms with van der Waals surface area (Å²) in [5.41, 5.74) is 7.09. The van der Waals surface area contributed by atoms with E-state index < -0.39 is 0 Å². The van der Waals surface area contributed by atoms with Gasteiger partial charge in [0.1, 0.15) is 0 Å². The highest BCUT2D eigenvalue weighted by atomic mass is 14.7. The summed E-state index contributed by atoms with van der Waals surface area (Å²) in [6.07, 6.45) is 4.63. The molecular formula is C10H16N2. The van der Waals surface area contributed by atoms with Crippen LogP contribution in [0, 0.1) is 5.92 Å². The number of nitrogens with two attached hydrogens (primary N) is 1. The minimum Gasteiger partial charge on any atom is -0.324 e. The van der Waals surface area contributed by atoms with E-state index in [-0.39, 0.29) is 6.04 Å². The van der Waals surface area contributed by atoms with Crippen LogP contribution in [-0.2, 0) is 0 Å². The Morgan fingerprint density at radius 3 is 2.75 bits per heavy atom. The van der Waals surface area contributed by atoms with E-state index in [1.54, 1.807) is 6.20 Å². The lowest BCUT2D eigenvalue weighted by atomic mass is 9.99. The van der Waals surface area contributed by atoms with Gasteiger partial charge >= 0.3 is 0 Å². The van der Waals surface area contributed by atoms with Crippen molar-refractivity contribution in [3.63, 3.8) is 0 Å². The van der Waals surface area contributed by atoms with Crippen LogP contribution in [0.3, 0.4) is 0 Å². The van der Waals surface area contributed by atoms with Crippen LogP contribution in [0.25, 0.3) is 0 Å². The molecule has 1 atom stereocenters. The first-order chi connectivity index (χ1) is 5.70. The number of rotatable bonds is 3. The largest absolute Gasteiger partial charge is 0.324 e. The van der Waals surface area contributed by atoms with Gasteiger partial charge in [-0.05, 0) is 24.0 Å². The molecule has 0 saturated heterocycles. The first-order valence-electron chi connectivity index (χ1n) is 4.35. The van der Waals surface area contributed by atoms with Crippen molar-refractivity contribution >= 4 is 0 Å². The molecule has 0 aliphatic rings. The third kappa shape index (κ3) is 2.62. The summed E-state index contributed by atoms with van der Waals surface area (Å²) in [5.74, 6) is 0.639. The van der Waals surface area contributed by atoms with E-state index in [4.69, 9.17) is 5.73 Å². The molecule has 2 nitrogen and oxygen atoms in total. The van der Waals surface area contributed by atoms with Crippen LogP contribution in [0.5, 0.6) is 0 Å². The van der Waals surface area contributed by atoms with E-state index in [1.165, 1.54) is 0 Å². The number of hydrogen-bond donors (Lipinski definition) is 1. The quantitative estimate of drug-likeness (QED) is 0.743. The smallest absolute Gasteiger partial charge is 0.0315 e. The molecule has 12 heavy (non-hydrogen) atoms. The average molecular weight is 164 g/mol. The Morgan fingerprint density at radius 2 is 2.25 bits per heavy atom. The van der Waals surface area contributed by atoms with E-state index in [0.29, 0.717) is 5.92 Å². The van der Waals surface area contributed by atoms with Crippen molar-refractivity contribution in [1.82, 2.24) is 4.98 Å².